The second-order valence-corrected chi connectivity index (χ2v) is 6.45. The van der Waals surface area contributed by atoms with Gasteiger partial charge in [0.05, 0.1) is 0 Å². The number of nitrogens with zero attached hydrogens (tertiary/aromatic N) is 4. The second-order valence-electron chi connectivity index (χ2n) is 6.45. The van der Waals surface area contributed by atoms with Crippen LogP contribution in [0.5, 0.6) is 0 Å². The monoisotopic (exact) mass is 369 g/mol. The highest BCUT2D eigenvalue weighted by Gasteiger charge is 2.11. The normalized spacial score (nSPS) is 10.6. The molecule has 3 aromatic carbocycles. The largest absolute Gasteiger partial charge is 0.324 e. The maximum Gasteiger partial charge on any atom is 0.248 e. The summed E-state index contributed by atoms with van der Waals surface area (Å²) < 4.78 is 0. The Balaban J connectivity index is 1.40. The summed E-state index contributed by atoms with van der Waals surface area (Å²) in [6, 6.07) is 25.6. The lowest BCUT2D eigenvalue weighted by Gasteiger charge is -2.06. The molecule has 0 saturated carbocycles. The number of tetrazole rings is 1. The fraction of sp³-hybridized carbons (Fsp3) is 0.0909. The molecule has 0 atom stereocenters. The maximum absolute atomic E-state index is 12.3. The zero-order chi connectivity index (χ0) is 19.3. The van der Waals surface area contributed by atoms with Gasteiger partial charge in [0.25, 0.3) is 0 Å². The molecule has 0 saturated heterocycles. The van der Waals surface area contributed by atoms with Crippen LogP contribution < -0.4 is 5.32 Å². The molecule has 0 aliphatic carbocycles. The molecule has 28 heavy (non-hydrogen) atoms. The first-order valence-corrected chi connectivity index (χ1v) is 8.98. The molecular formula is C22H19N5O. The third kappa shape index (κ3) is 3.96. The van der Waals surface area contributed by atoms with E-state index in [0.717, 1.165) is 27.9 Å². The zero-order valence-corrected chi connectivity index (χ0v) is 15.4. The number of rotatable bonds is 5. The summed E-state index contributed by atoms with van der Waals surface area (Å²) in [5.41, 5.74) is 4.93. The van der Waals surface area contributed by atoms with Crippen LogP contribution in [0.4, 0.5) is 5.69 Å². The lowest BCUT2D eigenvalue weighted by Crippen LogP contribution is -2.20. The minimum atomic E-state index is -0.207. The van der Waals surface area contributed by atoms with E-state index in [9.17, 15) is 4.79 Å². The van der Waals surface area contributed by atoms with Crippen molar-refractivity contribution in [2.75, 3.05) is 5.32 Å². The molecule has 1 aromatic heterocycles. The standard InChI is InChI=1S/C22H19N5O/c1-16-7-5-6-10-20(16)22-24-26-27(25-22)15-21(28)23-19-13-11-18(12-14-19)17-8-3-2-4-9-17/h2-14H,15H2,1H3,(H,23,28). The molecule has 0 unspecified atom stereocenters. The van der Waals surface area contributed by atoms with Crippen LogP contribution in [0.25, 0.3) is 22.5 Å². The molecule has 138 valence electrons. The number of aromatic nitrogens is 4. The fourth-order valence-corrected chi connectivity index (χ4v) is 2.95. The number of anilines is 1. The topological polar surface area (TPSA) is 72.7 Å². The van der Waals surface area contributed by atoms with E-state index in [4.69, 9.17) is 0 Å². The van der Waals surface area contributed by atoms with E-state index >= 15 is 0 Å². The molecular weight excluding hydrogens is 350 g/mol. The van der Waals surface area contributed by atoms with Crippen molar-refractivity contribution in [3.05, 3.63) is 84.4 Å². The van der Waals surface area contributed by atoms with Crippen LogP contribution in [0.1, 0.15) is 5.56 Å². The van der Waals surface area contributed by atoms with Crippen LogP contribution in [0, 0.1) is 6.92 Å². The summed E-state index contributed by atoms with van der Waals surface area (Å²) in [5, 5.41) is 15.2. The van der Waals surface area contributed by atoms with Gasteiger partial charge < -0.3 is 5.32 Å². The summed E-state index contributed by atoms with van der Waals surface area (Å²) in [6.07, 6.45) is 0. The van der Waals surface area contributed by atoms with Gasteiger partial charge in [0.1, 0.15) is 6.54 Å². The molecule has 6 nitrogen and oxygen atoms in total. The van der Waals surface area contributed by atoms with Crippen LogP contribution in [0.3, 0.4) is 0 Å². The molecule has 0 aliphatic heterocycles. The minimum Gasteiger partial charge on any atom is -0.324 e. The van der Waals surface area contributed by atoms with Gasteiger partial charge in [-0.15, -0.1) is 10.2 Å². The zero-order valence-electron chi connectivity index (χ0n) is 15.4. The highest BCUT2D eigenvalue weighted by atomic mass is 16.2. The van der Waals surface area contributed by atoms with Crippen molar-refractivity contribution in [2.45, 2.75) is 13.5 Å². The first-order valence-electron chi connectivity index (χ1n) is 8.98. The number of benzene rings is 3. The van der Waals surface area contributed by atoms with E-state index < -0.39 is 0 Å². The Hall–Kier alpha value is -3.80. The van der Waals surface area contributed by atoms with Crippen molar-refractivity contribution in [3.8, 4) is 22.5 Å². The van der Waals surface area contributed by atoms with Gasteiger partial charge in [-0.1, -0.05) is 66.7 Å². The van der Waals surface area contributed by atoms with Crippen molar-refractivity contribution < 1.29 is 4.79 Å². The Morgan fingerprint density at radius 2 is 1.57 bits per heavy atom. The van der Waals surface area contributed by atoms with Gasteiger partial charge >= 0.3 is 0 Å². The van der Waals surface area contributed by atoms with Gasteiger partial charge in [0, 0.05) is 11.3 Å². The Labute approximate surface area is 162 Å². The van der Waals surface area contributed by atoms with Crippen LogP contribution in [0.15, 0.2) is 78.9 Å². The smallest absolute Gasteiger partial charge is 0.248 e. The van der Waals surface area contributed by atoms with E-state index in [2.05, 4.69) is 32.9 Å². The molecule has 6 heteroatoms. The van der Waals surface area contributed by atoms with E-state index in [1.807, 2.05) is 73.7 Å². The molecule has 0 radical (unpaired) electrons. The molecule has 0 bridgehead atoms. The Bertz CT molecular complexity index is 1090. The predicted octanol–water partition coefficient (Wildman–Crippen LogP) is 3.95. The van der Waals surface area contributed by atoms with E-state index in [1.54, 1.807) is 0 Å². The van der Waals surface area contributed by atoms with E-state index in [0.29, 0.717) is 5.82 Å². The predicted molar refractivity (Wildman–Crippen MR) is 108 cm³/mol. The van der Waals surface area contributed by atoms with Crippen LogP contribution in [0.2, 0.25) is 0 Å². The first-order chi connectivity index (χ1) is 13.7. The molecule has 0 aliphatic rings. The highest BCUT2D eigenvalue weighted by Crippen LogP contribution is 2.21. The van der Waals surface area contributed by atoms with Gasteiger partial charge in [0.2, 0.25) is 11.7 Å². The molecule has 1 amide bonds. The van der Waals surface area contributed by atoms with Crippen molar-refractivity contribution in [3.63, 3.8) is 0 Å². The van der Waals surface area contributed by atoms with Crippen LogP contribution in [-0.4, -0.2) is 26.1 Å². The number of nitrogens with one attached hydrogen (secondary N) is 1. The number of aryl methyl sites for hydroxylation is 1. The van der Waals surface area contributed by atoms with Gasteiger partial charge in [-0.3, -0.25) is 4.79 Å². The number of carbonyl (C=O) groups excluding carboxylic acids is 1. The summed E-state index contributed by atoms with van der Waals surface area (Å²) in [7, 11) is 0. The second kappa shape index (κ2) is 7.84. The number of carbonyl (C=O) groups is 1. The summed E-state index contributed by atoms with van der Waals surface area (Å²) >= 11 is 0. The SMILES string of the molecule is Cc1ccccc1-c1nnn(CC(=O)Nc2ccc(-c3ccccc3)cc2)n1. The average Bonchev–Trinajstić information content (AvgIpc) is 3.17. The Morgan fingerprint density at radius 1 is 0.893 bits per heavy atom. The number of hydrogen-bond acceptors (Lipinski definition) is 4. The van der Waals surface area contributed by atoms with Gasteiger partial charge in [0.15, 0.2) is 0 Å². The quantitative estimate of drug-likeness (QED) is 0.578. The first kappa shape index (κ1) is 17.6. The van der Waals surface area contributed by atoms with Crippen molar-refractivity contribution in [1.29, 1.82) is 0 Å². The molecule has 0 spiro atoms. The average molecular weight is 369 g/mol. The van der Waals surface area contributed by atoms with E-state index in [-0.39, 0.29) is 12.5 Å². The molecule has 0 fully saturated rings. The minimum absolute atomic E-state index is 0.000677. The maximum atomic E-state index is 12.3. The van der Waals surface area contributed by atoms with Gasteiger partial charge in [-0.25, -0.2) is 0 Å². The molecule has 1 heterocycles. The molecule has 4 rings (SSSR count). The van der Waals surface area contributed by atoms with Crippen molar-refractivity contribution >= 4 is 11.6 Å². The van der Waals surface area contributed by atoms with Crippen molar-refractivity contribution in [2.24, 2.45) is 0 Å². The van der Waals surface area contributed by atoms with Crippen LogP contribution in [-0.2, 0) is 11.3 Å². The number of hydrogen-bond donors (Lipinski definition) is 1. The fourth-order valence-electron chi connectivity index (χ4n) is 2.95. The van der Waals surface area contributed by atoms with Crippen LogP contribution >= 0.6 is 0 Å². The summed E-state index contributed by atoms with van der Waals surface area (Å²) in [5.74, 6) is 0.305. The number of amides is 1. The Kier molecular flexibility index (Phi) is 4.93. The van der Waals surface area contributed by atoms with Gasteiger partial charge in [-0.05, 0) is 41.0 Å². The summed E-state index contributed by atoms with van der Waals surface area (Å²) in [6.45, 7) is 1.99. The van der Waals surface area contributed by atoms with Gasteiger partial charge in [-0.2, -0.15) is 4.80 Å². The molecule has 4 aromatic rings. The molecule has 1 N–H and O–H groups in total. The van der Waals surface area contributed by atoms with E-state index in [1.165, 1.54) is 4.80 Å². The van der Waals surface area contributed by atoms with Crippen molar-refractivity contribution in [1.82, 2.24) is 20.2 Å². The Morgan fingerprint density at radius 3 is 2.32 bits per heavy atom. The lowest BCUT2D eigenvalue weighted by atomic mass is 10.1. The third-order valence-corrected chi connectivity index (χ3v) is 4.40. The summed E-state index contributed by atoms with van der Waals surface area (Å²) in [4.78, 5) is 13.6. The lowest BCUT2D eigenvalue weighted by molar-refractivity contribution is -0.117. The third-order valence-electron chi connectivity index (χ3n) is 4.40. The highest BCUT2D eigenvalue weighted by molar-refractivity contribution is 5.90.